The van der Waals surface area contributed by atoms with E-state index in [1.54, 1.807) is 18.2 Å². The first-order valence-electron chi connectivity index (χ1n) is 9.81. The lowest BCUT2D eigenvalue weighted by atomic mass is 10.0. The number of carbonyl (C=O) groups excluding carboxylic acids is 1. The first-order chi connectivity index (χ1) is 14.7. The molecule has 1 fully saturated rings. The molecule has 0 radical (unpaired) electrons. The van der Waals surface area contributed by atoms with Crippen LogP contribution >= 0.6 is 0 Å². The van der Waals surface area contributed by atoms with Gasteiger partial charge in [-0.2, -0.15) is 13.2 Å². The average molecular weight is 439 g/mol. The highest BCUT2D eigenvalue weighted by Gasteiger charge is 2.34. The van der Waals surface area contributed by atoms with Crippen LogP contribution in [0.2, 0.25) is 0 Å². The standard InChI is InChI=1S/C21H28F3N5O2/c1-14(25-2)17(21(22,23)24)12-26-13-27-18-6-5-15(11-19(18)31-4)20(30)28-16-7-9-29(3)10-8-16/h5-6,11-12,16,27H,2,7-10,13H2,1,3-4H3,(H,28,30)/b17-14+,26-12-. The molecule has 7 nitrogen and oxygen atoms in total. The maximum absolute atomic E-state index is 13.0. The Labute approximate surface area is 180 Å². The molecular formula is C21H28F3N5O2. The second-order valence-corrected chi connectivity index (χ2v) is 7.27. The quantitative estimate of drug-likeness (QED) is 0.608. The zero-order chi connectivity index (χ0) is 23.0. The van der Waals surface area contributed by atoms with Crippen molar-refractivity contribution in [2.24, 2.45) is 9.98 Å². The summed E-state index contributed by atoms with van der Waals surface area (Å²) in [6, 6.07) is 4.98. The first kappa shape index (κ1) is 24.4. The maximum Gasteiger partial charge on any atom is 0.419 e. The molecule has 1 aliphatic rings. The van der Waals surface area contributed by atoms with Crippen LogP contribution in [0.3, 0.4) is 0 Å². The van der Waals surface area contributed by atoms with Crippen molar-refractivity contribution in [1.82, 2.24) is 10.2 Å². The zero-order valence-electron chi connectivity index (χ0n) is 17.9. The summed E-state index contributed by atoms with van der Waals surface area (Å²) in [6.07, 6.45) is -2.07. The minimum Gasteiger partial charge on any atom is -0.495 e. The molecule has 0 atom stereocenters. The lowest BCUT2D eigenvalue weighted by Gasteiger charge is -2.29. The van der Waals surface area contributed by atoms with Crippen LogP contribution in [0, 0.1) is 0 Å². The van der Waals surface area contributed by atoms with E-state index in [1.165, 1.54) is 14.0 Å². The van der Waals surface area contributed by atoms with Crippen LogP contribution in [0.1, 0.15) is 30.1 Å². The van der Waals surface area contributed by atoms with Crippen molar-refractivity contribution in [3.63, 3.8) is 0 Å². The molecule has 1 aliphatic heterocycles. The second-order valence-electron chi connectivity index (χ2n) is 7.27. The molecule has 0 bridgehead atoms. The molecule has 2 rings (SSSR count). The minimum atomic E-state index is -4.57. The molecule has 0 spiro atoms. The van der Waals surface area contributed by atoms with E-state index in [0.717, 1.165) is 25.9 Å². The lowest BCUT2D eigenvalue weighted by molar-refractivity contribution is -0.0863. The molecule has 0 aromatic heterocycles. The van der Waals surface area contributed by atoms with Crippen LogP contribution in [0.4, 0.5) is 18.9 Å². The Bertz CT molecular complexity index is 844. The van der Waals surface area contributed by atoms with Gasteiger partial charge in [0.25, 0.3) is 5.91 Å². The molecule has 170 valence electrons. The number of hydrogen-bond acceptors (Lipinski definition) is 6. The molecule has 1 heterocycles. The fraction of sp³-hybridized carbons (Fsp3) is 0.476. The molecule has 10 heteroatoms. The predicted octanol–water partition coefficient (Wildman–Crippen LogP) is 3.50. The molecule has 0 aliphatic carbocycles. The van der Waals surface area contributed by atoms with E-state index in [1.807, 2.05) is 0 Å². The molecule has 1 amide bonds. The smallest absolute Gasteiger partial charge is 0.419 e. The highest BCUT2D eigenvalue weighted by molar-refractivity contribution is 5.95. The molecular weight excluding hydrogens is 411 g/mol. The third-order valence-electron chi connectivity index (χ3n) is 5.03. The Morgan fingerprint density at radius 1 is 1.35 bits per heavy atom. The Kier molecular flexibility index (Phi) is 8.61. The number of hydrogen-bond donors (Lipinski definition) is 2. The number of amides is 1. The van der Waals surface area contributed by atoms with Crippen molar-refractivity contribution >= 4 is 24.5 Å². The fourth-order valence-electron chi connectivity index (χ4n) is 3.12. The highest BCUT2D eigenvalue weighted by atomic mass is 19.4. The fourth-order valence-corrected chi connectivity index (χ4v) is 3.12. The van der Waals surface area contributed by atoms with Gasteiger partial charge in [0, 0.05) is 17.8 Å². The van der Waals surface area contributed by atoms with Crippen molar-refractivity contribution < 1.29 is 22.7 Å². The summed E-state index contributed by atoms with van der Waals surface area (Å²) >= 11 is 0. The van der Waals surface area contributed by atoms with Crippen LogP contribution in [0.25, 0.3) is 0 Å². The first-order valence-corrected chi connectivity index (χ1v) is 9.81. The van der Waals surface area contributed by atoms with E-state index in [2.05, 4.69) is 39.3 Å². The van der Waals surface area contributed by atoms with Gasteiger partial charge in [0.1, 0.15) is 12.4 Å². The maximum atomic E-state index is 13.0. The number of nitrogens with one attached hydrogen (secondary N) is 2. The lowest BCUT2D eigenvalue weighted by Crippen LogP contribution is -2.43. The Morgan fingerprint density at radius 2 is 2.03 bits per heavy atom. The third-order valence-corrected chi connectivity index (χ3v) is 5.03. The molecule has 31 heavy (non-hydrogen) atoms. The monoisotopic (exact) mass is 439 g/mol. The van der Waals surface area contributed by atoms with Crippen molar-refractivity contribution in [3.8, 4) is 5.75 Å². The van der Waals surface area contributed by atoms with Gasteiger partial charge in [-0.25, -0.2) is 0 Å². The summed E-state index contributed by atoms with van der Waals surface area (Å²) < 4.78 is 44.4. The number of alkyl halides is 3. The molecule has 0 unspecified atom stereocenters. The van der Waals surface area contributed by atoms with E-state index >= 15 is 0 Å². The van der Waals surface area contributed by atoms with Crippen LogP contribution in [0.5, 0.6) is 5.75 Å². The van der Waals surface area contributed by atoms with Gasteiger partial charge in [-0.1, -0.05) is 0 Å². The van der Waals surface area contributed by atoms with Gasteiger partial charge >= 0.3 is 6.18 Å². The Balaban J connectivity index is 2.01. The number of ether oxygens (including phenoxy) is 1. The molecule has 0 saturated carbocycles. The number of carbonyl (C=O) groups is 1. The predicted molar refractivity (Wildman–Crippen MR) is 116 cm³/mol. The van der Waals surface area contributed by atoms with Crippen LogP contribution in [-0.4, -0.2) is 69.9 Å². The average Bonchev–Trinajstić information content (AvgIpc) is 2.73. The molecule has 1 aromatic rings. The number of nitrogens with zero attached hydrogens (tertiary/aromatic N) is 3. The van der Waals surface area contributed by atoms with Crippen LogP contribution in [-0.2, 0) is 0 Å². The summed E-state index contributed by atoms with van der Waals surface area (Å²) in [5.41, 5.74) is -0.266. The summed E-state index contributed by atoms with van der Waals surface area (Å²) in [7, 11) is 3.50. The van der Waals surface area contributed by atoms with E-state index in [4.69, 9.17) is 4.74 Å². The number of piperidine rings is 1. The SMILES string of the molecule is C=N/C(C)=C(\C=N/CNc1ccc(C(=O)NC2CCN(C)CC2)cc1OC)C(F)(F)F. The third kappa shape index (κ3) is 7.09. The van der Waals surface area contributed by atoms with Crippen molar-refractivity contribution in [2.45, 2.75) is 32.0 Å². The number of likely N-dealkylation sites (tertiary alicyclic amines) is 1. The van der Waals surface area contributed by atoms with Gasteiger partial charge in [0.05, 0.1) is 24.1 Å². The second kappa shape index (κ2) is 10.9. The minimum absolute atomic E-state index is 0.124. The van der Waals surface area contributed by atoms with E-state index in [-0.39, 0.29) is 24.3 Å². The van der Waals surface area contributed by atoms with Crippen molar-refractivity contribution in [3.05, 3.63) is 35.0 Å². The number of methoxy groups -OCH3 is 1. The van der Waals surface area contributed by atoms with Gasteiger partial charge in [-0.3, -0.25) is 14.8 Å². The van der Waals surface area contributed by atoms with Gasteiger partial charge in [0.2, 0.25) is 0 Å². The summed E-state index contributed by atoms with van der Waals surface area (Å²) in [4.78, 5) is 21.9. The summed E-state index contributed by atoms with van der Waals surface area (Å²) in [5, 5.41) is 5.91. The van der Waals surface area contributed by atoms with Gasteiger partial charge in [-0.15, -0.1) is 0 Å². The Morgan fingerprint density at radius 3 is 2.61 bits per heavy atom. The Hall–Kier alpha value is -2.88. The van der Waals surface area contributed by atoms with Gasteiger partial charge < -0.3 is 20.3 Å². The van der Waals surface area contributed by atoms with Gasteiger partial charge in [0.15, 0.2) is 0 Å². The number of halogens is 3. The number of allylic oxidation sites excluding steroid dienone is 2. The topological polar surface area (TPSA) is 78.3 Å². The van der Waals surface area contributed by atoms with Crippen molar-refractivity contribution in [1.29, 1.82) is 0 Å². The normalized spacial score (nSPS) is 16.7. The van der Waals surface area contributed by atoms with E-state index in [9.17, 15) is 18.0 Å². The largest absolute Gasteiger partial charge is 0.495 e. The van der Waals surface area contributed by atoms with Gasteiger partial charge in [-0.05, 0) is 64.8 Å². The number of benzene rings is 1. The van der Waals surface area contributed by atoms with E-state index < -0.39 is 11.7 Å². The number of anilines is 1. The highest BCUT2D eigenvalue weighted by Crippen LogP contribution is 2.28. The number of aliphatic imine (C=N–C) groups is 2. The van der Waals surface area contributed by atoms with E-state index in [0.29, 0.717) is 23.2 Å². The molecule has 1 saturated heterocycles. The van der Waals surface area contributed by atoms with Crippen LogP contribution < -0.4 is 15.4 Å². The van der Waals surface area contributed by atoms with Crippen LogP contribution in [0.15, 0.2) is 39.5 Å². The molecule has 2 N–H and O–H groups in total. The zero-order valence-corrected chi connectivity index (χ0v) is 17.9. The number of rotatable bonds is 8. The molecule has 1 aromatic carbocycles. The summed E-state index contributed by atoms with van der Waals surface area (Å²) in [6.45, 7) is 6.08. The van der Waals surface area contributed by atoms with Crippen molar-refractivity contribution in [2.75, 3.05) is 39.2 Å². The summed E-state index contributed by atoms with van der Waals surface area (Å²) in [5.74, 6) is 0.200.